The van der Waals surface area contributed by atoms with Crippen molar-refractivity contribution in [1.29, 1.82) is 0 Å². The molecule has 2 aromatic rings. The Hall–Kier alpha value is -1.28. The van der Waals surface area contributed by atoms with Crippen molar-refractivity contribution in [3.05, 3.63) is 16.8 Å². The zero-order valence-corrected chi connectivity index (χ0v) is 13.9. The number of carbonyl (C=O) groups is 1. The molecular formula is C13H15BrN4O2S. The van der Waals surface area contributed by atoms with E-state index >= 15 is 0 Å². The highest BCUT2D eigenvalue weighted by Crippen LogP contribution is 2.27. The van der Waals surface area contributed by atoms with E-state index in [4.69, 9.17) is 4.42 Å². The molecule has 2 aromatic heterocycles. The lowest BCUT2D eigenvalue weighted by Crippen LogP contribution is -2.27. The Morgan fingerprint density at radius 1 is 1.52 bits per heavy atom. The highest BCUT2D eigenvalue weighted by molar-refractivity contribution is 9.10. The normalized spacial score (nSPS) is 14.4. The van der Waals surface area contributed by atoms with Crippen molar-refractivity contribution >= 4 is 33.6 Å². The standard InChI is InChI=1S/C13H15BrN4O2S/c1-2-18-12(9-5-6-10(14)20-9)16-17-13(18)21-7-11(19)15-8-3-4-8/h5-6,8H,2-4,7H2,1H3,(H,15,19). The Morgan fingerprint density at radius 2 is 2.33 bits per heavy atom. The summed E-state index contributed by atoms with van der Waals surface area (Å²) in [5, 5.41) is 12.0. The van der Waals surface area contributed by atoms with Gasteiger partial charge in [0.05, 0.1) is 5.75 Å². The van der Waals surface area contributed by atoms with Gasteiger partial charge in [0, 0.05) is 12.6 Å². The molecule has 2 heterocycles. The van der Waals surface area contributed by atoms with Crippen LogP contribution >= 0.6 is 27.7 Å². The summed E-state index contributed by atoms with van der Waals surface area (Å²) in [6.45, 7) is 2.73. The fraction of sp³-hybridized carbons (Fsp3) is 0.462. The highest BCUT2D eigenvalue weighted by atomic mass is 79.9. The fourth-order valence-corrected chi connectivity index (χ4v) is 3.04. The molecule has 0 radical (unpaired) electrons. The quantitative estimate of drug-likeness (QED) is 0.791. The summed E-state index contributed by atoms with van der Waals surface area (Å²) < 4.78 is 8.12. The predicted octanol–water partition coefficient (Wildman–Crippen LogP) is 2.69. The van der Waals surface area contributed by atoms with Crippen LogP contribution in [0.5, 0.6) is 0 Å². The number of carbonyl (C=O) groups excluding carboxylic acids is 1. The summed E-state index contributed by atoms with van der Waals surface area (Å²) in [4.78, 5) is 11.7. The molecule has 8 heteroatoms. The fourth-order valence-electron chi connectivity index (χ4n) is 1.92. The molecule has 0 atom stereocenters. The first-order valence-electron chi connectivity index (χ1n) is 6.78. The Kier molecular flexibility index (Phi) is 4.34. The van der Waals surface area contributed by atoms with E-state index in [0.717, 1.165) is 18.0 Å². The zero-order valence-electron chi connectivity index (χ0n) is 11.5. The number of thioether (sulfide) groups is 1. The number of nitrogens with one attached hydrogen (secondary N) is 1. The van der Waals surface area contributed by atoms with Crippen molar-refractivity contribution < 1.29 is 9.21 Å². The van der Waals surface area contributed by atoms with Gasteiger partial charge >= 0.3 is 0 Å². The highest BCUT2D eigenvalue weighted by Gasteiger charge is 2.23. The summed E-state index contributed by atoms with van der Waals surface area (Å²) in [5.41, 5.74) is 0. The molecule has 1 saturated carbocycles. The Morgan fingerprint density at radius 3 is 2.95 bits per heavy atom. The van der Waals surface area contributed by atoms with Crippen molar-refractivity contribution in [2.75, 3.05) is 5.75 Å². The van der Waals surface area contributed by atoms with Crippen molar-refractivity contribution in [2.24, 2.45) is 0 Å². The molecule has 0 aromatic carbocycles. The van der Waals surface area contributed by atoms with Gasteiger partial charge in [0.25, 0.3) is 0 Å². The zero-order chi connectivity index (χ0) is 14.8. The first-order chi connectivity index (χ1) is 10.2. The summed E-state index contributed by atoms with van der Waals surface area (Å²) in [7, 11) is 0. The van der Waals surface area contributed by atoms with Gasteiger partial charge in [-0.15, -0.1) is 10.2 Å². The van der Waals surface area contributed by atoms with Gasteiger partial charge in [-0.2, -0.15) is 0 Å². The summed E-state index contributed by atoms with van der Waals surface area (Å²) in [6.07, 6.45) is 2.19. The van der Waals surface area contributed by atoms with Crippen LogP contribution in [0.4, 0.5) is 0 Å². The Balaban J connectivity index is 1.70. The molecule has 0 aliphatic heterocycles. The van der Waals surface area contributed by atoms with Crippen LogP contribution in [0.15, 0.2) is 26.4 Å². The number of hydrogen-bond donors (Lipinski definition) is 1. The van der Waals surface area contributed by atoms with Gasteiger partial charge < -0.3 is 9.73 Å². The molecule has 21 heavy (non-hydrogen) atoms. The summed E-state index contributed by atoms with van der Waals surface area (Å²) in [6, 6.07) is 4.05. The molecule has 1 fully saturated rings. The molecule has 1 amide bonds. The van der Waals surface area contributed by atoms with Gasteiger partial charge in [0.15, 0.2) is 15.6 Å². The van der Waals surface area contributed by atoms with Crippen LogP contribution < -0.4 is 5.32 Å². The summed E-state index contributed by atoms with van der Waals surface area (Å²) >= 11 is 4.67. The van der Waals surface area contributed by atoms with E-state index in [1.807, 2.05) is 23.6 Å². The van der Waals surface area contributed by atoms with Crippen molar-refractivity contribution in [3.8, 4) is 11.6 Å². The lowest BCUT2D eigenvalue weighted by atomic mass is 10.4. The number of aromatic nitrogens is 3. The second kappa shape index (κ2) is 6.23. The van der Waals surface area contributed by atoms with Crippen LogP contribution in [-0.2, 0) is 11.3 Å². The molecule has 1 N–H and O–H groups in total. The second-order valence-corrected chi connectivity index (χ2v) is 6.51. The Labute approximate surface area is 134 Å². The van der Waals surface area contributed by atoms with Crippen LogP contribution in [0.2, 0.25) is 0 Å². The third kappa shape index (κ3) is 3.49. The predicted molar refractivity (Wildman–Crippen MR) is 83.0 cm³/mol. The first-order valence-corrected chi connectivity index (χ1v) is 8.56. The minimum atomic E-state index is 0.0513. The van der Waals surface area contributed by atoms with Crippen LogP contribution in [0.1, 0.15) is 19.8 Å². The number of nitrogens with zero attached hydrogens (tertiary/aromatic N) is 3. The lowest BCUT2D eigenvalue weighted by molar-refractivity contribution is -0.118. The van der Waals surface area contributed by atoms with Crippen molar-refractivity contribution in [1.82, 2.24) is 20.1 Å². The monoisotopic (exact) mass is 370 g/mol. The largest absolute Gasteiger partial charge is 0.446 e. The van der Waals surface area contributed by atoms with Gasteiger partial charge in [-0.05, 0) is 47.8 Å². The van der Waals surface area contributed by atoms with Gasteiger partial charge in [0.1, 0.15) is 0 Å². The van der Waals surface area contributed by atoms with Gasteiger partial charge in [-0.25, -0.2) is 0 Å². The van der Waals surface area contributed by atoms with Crippen LogP contribution in [0.3, 0.4) is 0 Å². The number of rotatable bonds is 6. The van der Waals surface area contributed by atoms with E-state index in [0.29, 0.717) is 34.6 Å². The Bertz CT molecular complexity index is 650. The average molecular weight is 371 g/mol. The van der Waals surface area contributed by atoms with Crippen molar-refractivity contribution in [3.63, 3.8) is 0 Å². The molecule has 0 unspecified atom stereocenters. The van der Waals surface area contributed by atoms with Gasteiger partial charge in [0.2, 0.25) is 11.7 Å². The van der Waals surface area contributed by atoms with Crippen LogP contribution in [-0.4, -0.2) is 32.5 Å². The molecular weight excluding hydrogens is 356 g/mol. The van der Waals surface area contributed by atoms with E-state index in [1.54, 1.807) is 0 Å². The third-order valence-electron chi connectivity index (χ3n) is 3.10. The molecule has 0 spiro atoms. The van der Waals surface area contributed by atoms with Crippen LogP contribution in [0.25, 0.3) is 11.6 Å². The molecule has 1 aliphatic carbocycles. The molecule has 3 rings (SSSR count). The minimum Gasteiger partial charge on any atom is -0.446 e. The van der Waals surface area contributed by atoms with E-state index in [9.17, 15) is 4.79 Å². The van der Waals surface area contributed by atoms with E-state index in [1.165, 1.54) is 11.8 Å². The minimum absolute atomic E-state index is 0.0513. The van der Waals surface area contributed by atoms with E-state index < -0.39 is 0 Å². The topological polar surface area (TPSA) is 73.0 Å². The maximum Gasteiger partial charge on any atom is 0.230 e. The van der Waals surface area contributed by atoms with E-state index in [2.05, 4.69) is 31.4 Å². The maximum absolute atomic E-state index is 11.7. The smallest absolute Gasteiger partial charge is 0.230 e. The van der Waals surface area contributed by atoms with Gasteiger partial charge in [-0.3, -0.25) is 9.36 Å². The van der Waals surface area contributed by atoms with E-state index in [-0.39, 0.29) is 5.91 Å². The maximum atomic E-state index is 11.7. The van der Waals surface area contributed by atoms with Crippen molar-refractivity contribution in [2.45, 2.75) is 37.5 Å². The number of hydrogen-bond acceptors (Lipinski definition) is 5. The number of amides is 1. The van der Waals surface area contributed by atoms with Crippen LogP contribution in [0, 0.1) is 0 Å². The number of furan rings is 1. The molecule has 0 saturated heterocycles. The first kappa shape index (κ1) is 14.6. The number of halogens is 1. The summed E-state index contributed by atoms with van der Waals surface area (Å²) in [5.74, 6) is 1.74. The molecule has 6 nitrogen and oxygen atoms in total. The molecule has 0 bridgehead atoms. The average Bonchev–Trinajstić information content (AvgIpc) is 3.01. The molecule has 112 valence electrons. The second-order valence-electron chi connectivity index (χ2n) is 4.78. The third-order valence-corrected chi connectivity index (χ3v) is 4.49. The lowest BCUT2D eigenvalue weighted by Gasteiger charge is -2.06. The SMILES string of the molecule is CCn1c(SCC(=O)NC2CC2)nnc1-c1ccc(Br)o1. The van der Waals surface area contributed by atoms with Gasteiger partial charge in [-0.1, -0.05) is 11.8 Å². The molecule has 1 aliphatic rings.